The molecule has 10 aromatic carbocycles. The van der Waals surface area contributed by atoms with Crippen LogP contribution >= 0.6 is 86.5 Å². The molecule has 0 saturated heterocycles. The van der Waals surface area contributed by atoms with E-state index in [0.29, 0.717) is 67.4 Å². The molecule has 6 heterocycles. The number of pyridine rings is 6. The van der Waals surface area contributed by atoms with Crippen LogP contribution in [0.2, 0.25) is 0 Å². The SMILES string of the molecule is CCC(CC)(Sc1ccnc2ccc(-c3ccc(OC)c(OC)c3)cc12)C(=O)O.CCC(CC)(Sc1ccnc2ccc(Br)cc12)C(=O)O.CCC(CC)(Sc1ccnc2ccc(C3CC3)cc12)C(=O)O.COc1ccc(-c2ccc3nccc(SC(C)(C)C(=O)O)c3c2)cc1OC.COc1cccc(-c2ccc3nccc(SC(C)(C)C(=O)O)c3c2)c1.COc1ccccc1-c1ccc2nccc(SC(C)(C)C(=O)O)c2c1. The molecule has 1 fully saturated rings. The zero-order chi connectivity index (χ0) is 107. The molecule has 0 spiro atoms. The Kier molecular flexibility index (Phi) is 38.9. The number of aliphatic carboxylic acids is 6. The number of hydrogen-bond donors (Lipinski definition) is 6. The Labute approximate surface area is 896 Å². The van der Waals surface area contributed by atoms with Crippen LogP contribution in [-0.2, 0) is 28.8 Å². The molecule has 1 aliphatic rings. The maximum atomic E-state index is 12.0. The van der Waals surface area contributed by atoms with Gasteiger partial charge in [-0.3, -0.25) is 58.7 Å². The molecule has 0 radical (unpaired) electrons. The third-order valence-corrected chi connectivity index (χ3v) is 35.1. The maximum absolute atomic E-state index is 12.0. The lowest BCUT2D eigenvalue weighted by molar-refractivity contribution is -0.141. The van der Waals surface area contributed by atoms with E-state index in [1.807, 2.05) is 242 Å². The Morgan fingerprint density at radius 3 is 0.885 bits per heavy atom. The summed E-state index contributed by atoms with van der Waals surface area (Å²) in [4.78, 5) is 102. The normalized spacial score (nSPS) is 12.0. The van der Waals surface area contributed by atoms with Gasteiger partial charge in [0.05, 0.1) is 75.8 Å². The topological polar surface area (TPSA) is 357 Å². The van der Waals surface area contributed by atoms with Gasteiger partial charge in [0.25, 0.3) is 0 Å². The summed E-state index contributed by atoms with van der Waals surface area (Å²) in [5, 5.41) is 63.2. The predicted octanol–water partition coefficient (Wildman–Crippen LogP) is 29.8. The number of rotatable bonds is 35. The first kappa shape index (κ1) is 114. The molecular weight excluding hydrogens is 2050 g/mol. The molecule has 6 N–H and O–H groups in total. The predicted molar refractivity (Wildman–Crippen MR) is 604 cm³/mol. The standard InChI is InChI=1S/C23H25NO4S.C21H21NO4S.2C20H19NO3S.C18H21NO2S.C15H16BrNO2S/c1-5-23(6-2,22(25)26)29-21-11-12-24-18-9-7-15(13-17(18)21)16-8-10-19(27-3)20(14-16)28-4;1-21(2,20(23)24)27-19-9-10-22-16-7-5-13(11-15(16)19)14-6-8-17(25-3)18(12-14)26-4;1-20(2,19(22)23)25-18-9-10-21-17-8-7-14(12-16(17)18)13-5-4-6-15(11-13)24-3;1-20(2,19(22)23)25-18-10-11-21-16-9-8-13(12-15(16)18)14-6-4-5-7-17(14)24-3;1-3-18(4-2,17(20)21)22-16-9-10-19-15-8-7-13(11-14(15)16)12-5-6-12;1-3-15(4-2,14(18)19)20-13-7-8-17-12-6-5-10(16)9-11(12)13/h7-14H,5-6H2,1-4H3,(H,25,26);5-12H,1-4H3,(H,23,24);2*4-12H,1-3H3,(H,22,23);7-12H,3-6H2,1-2H3,(H,20,21);5-9H,3-4H2,1-2H3,(H,18,19). The van der Waals surface area contributed by atoms with Crippen molar-refractivity contribution in [2.75, 3.05) is 42.7 Å². The molecule has 148 heavy (non-hydrogen) atoms. The van der Waals surface area contributed by atoms with Crippen molar-refractivity contribution >= 4 is 188 Å². The number of methoxy groups -OCH3 is 6. The number of thioether (sulfide) groups is 6. The first-order valence-electron chi connectivity index (χ1n) is 48.0. The lowest BCUT2D eigenvalue weighted by Gasteiger charge is -2.26. The number of aromatic nitrogens is 6. The molecule has 0 aliphatic heterocycles. The molecular formula is C117H121BrN6O18S6. The van der Waals surface area contributed by atoms with Gasteiger partial charge in [-0.2, -0.15) is 0 Å². The second kappa shape index (κ2) is 50.7. The van der Waals surface area contributed by atoms with Gasteiger partial charge in [-0.15, -0.1) is 70.6 Å². The summed E-state index contributed by atoms with van der Waals surface area (Å²) < 4.78 is 28.0. The zero-order valence-electron chi connectivity index (χ0n) is 85.7. The average Bonchev–Trinajstić information content (AvgIpc) is 1.22. The van der Waals surface area contributed by atoms with Gasteiger partial charge in [-0.1, -0.05) is 130 Å². The molecule has 31 heteroatoms. The molecule has 0 atom stereocenters. The number of ether oxygens (including phenoxy) is 6. The molecule has 1 aliphatic carbocycles. The minimum Gasteiger partial charge on any atom is -0.497 e. The molecule has 1 saturated carbocycles. The Balaban J connectivity index is 0.000000158. The molecule has 0 unspecified atom stereocenters. The van der Waals surface area contributed by atoms with E-state index in [-0.39, 0.29) is 0 Å². The van der Waals surface area contributed by atoms with Crippen molar-refractivity contribution in [2.24, 2.45) is 0 Å². The van der Waals surface area contributed by atoms with Gasteiger partial charge >= 0.3 is 35.8 Å². The van der Waals surface area contributed by atoms with Crippen LogP contribution in [0.25, 0.3) is 110 Å². The largest absolute Gasteiger partial charge is 0.497 e. The van der Waals surface area contributed by atoms with E-state index < -0.39 is 64.3 Å². The maximum Gasteiger partial charge on any atom is 0.320 e. The van der Waals surface area contributed by atoms with Gasteiger partial charge in [0, 0.05) is 109 Å². The molecule has 17 rings (SSSR count). The fourth-order valence-electron chi connectivity index (χ4n) is 16.2. The Morgan fingerprint density at radius 1 is 0.284 bits per heavy atom. The highest BCUT2D eigenvalue weighted by molar-refractivity contribution is 9.10. The van der Waals surface area contributed by atoms with Crippen molar-refractivity contribution in [3.63, 3.8) is 0 Å². The molecule has 6 aromatic heterocycles. The van der Waals surface area contributed by atoms with Crippen LogP contribution in [-0.4, -0.2) is 167 Å². The quantitative estimate of drug-likeness (QED) is 0.0201. The van der Waals surface area contributed by atoms with Crippen molar-refractivity contribution in [1.82, 2.24) is 29.9 Å². The molecule has 16 aromatic rings. The second-order valence-corrected chi connectivity index (χ2v) is 46.3. The minimum atomic E-state index is -0.937. The number of nitrogens with zero attached hydrogens (tertiary/aromatic N) is 6. The number of carboxylic acids is 6. The van der Waals surface area contributed by atoms with E-state index in [2.05, 4.69) is 76.2 Å². The van der Waals surface area contributed by atoms with Crippen LogP contribution in [0.1, 0.15) is 146 Å². The highest BCUT2D eigenvalue weighted by Gasteiger charge is 2.41. The van der Waals surface area contributed by atoms with Gasteiger partial charge in [0.15, 0.2) is 23.0 Å². The number of carboxylic acid groups (broad SMARTS) is 6. The van der Waals surface area contributed by atoms with E-state index in [9.17, 15) is 59.4 Å². The third kappa shape index (κ3) is 27.3. The van der Waals surface area contributed by atoms with Crippen molar-refractivity contribution in [3.05, 3.63) is 278 Å². The first-order valence-corrected chi connectivity index (χ1v) is 53.7. The van der Waals surface area contributed by atoms with Gasteiger partial charge in [0.1, 0.15) is 40.0 Å². The van der Waals surface area contributed by atoms with Crippen molar-refractivity contribution in [2.45, 2.75) is 198 Å². The summed E-state index contributed by atoms with van der Waals surface area (Å²) in [7, 11) is 9.73. The third-order valence-electron chi connectivity index (χ3n) is 25.7. The highest BCUT2D eigenvalue weighted by Crippen LogP contribution is 2.50. The van der Waals surface area contributed by atoms with Crippen LogP contribution in [0, 0.1) is 0 Å². The zero-order valence-corrected chi connectivity index (χ0v) is 92.2. The van der Waals surface area contributed by atoms with E-state index in [1.54, 1.807) is 121 Å². The van der Waals surface area contributed by atoms with Crippen molar-refractivity contribution in [1.29, 1.82) is 0 Å². The lowest BCUT2D eigenvalue weighted by Crippen LogP contribution is -2.33. The van der Waals surface area contributed by atoms with Crippen LogP contribution in [0.5, 0.6) is 34.5 Å². The molecule has 0 amide bonds. The van der Waals surface area contributed by atoms with E-state index in [0.717, 1.165) is 155 Å². The summed E-state index contributed by atoms with van der Waals surface area (Å²) in [6.45, 7) is 21.8. The highest BCUT2D eigenvalue weighted by atomic mass is 79.9. The Hall–Kier alpha value is -13.1. The monoisotopic (exact) mass is 2170 g/mol. The van der Waals surface area contributed by atoms with E-state index >= 15 is 0 Å². The van der Waals surface area contributed by atoms with Crippen LogP contribution in [0.4, 0.5) is 0 Å². The van der Waals surface area contributed by atoms with Gasteiger partial charge in [-0.25, -0.2) is 0 Å². The van der Waals surface area contributed by atoms with Crippen LogP contribution < -0.4 is 28.4 Å². The second-order valence-electron chi connectivity index (χ2n) is 36.1. The van der Waals surface area contributed by atoms with E-state index in [4.69, 9.17) is 28.4 Å². The van der Waals surface area contributed by atoms with Gasteiger partial charge in [0.2, 0.25) is 0 Å². The molecule has 770 valence electrons. The average molecular weight is 2170 g/mol. The fraction of sp³-hybridized carbons (Fsp3) is 0.282. The number of fused-ring (bicyclic) bond motifs is 6. The number of hydrogen-bond acceptors (Lipinski definition) is 24. The van der Waals surface area contributed by atoms with Gasteiger partial charge in [-0.05, 0) is 301 Å². The smallest absolute Gasteiger partial charge is 0.320 e. The molecule has 0 bridgehead atoms. The number of benzene rings is 10. The first-order chi connectivity index (χ1) is 70.8. The fourth-order valence-corrected chi connectivity index (χ4v) is 23.2. The van der Waals surface area contributed by atoms with Crippen molar-refractivity contribution < 1.29 is 87.8 Å². The summed E-state index contributed by atoms with van der Waals surface area (Å²) in [5.74, 6) is 0.126. The van der Waals surface area contributed by atoms with Crippen LogP contribution in [0.3, 0.4) is 0 Å². The number of carbonyl (C=O) groups is 6. The van der Waals surface area contributed by atoms with Crippen LogP contribution in [0.15, 0.2) is 302 Å². The summed E-state index contributed by atoms with van der Waals surface area (Å²) >= 11 is 11.7. The Morgan fingerprint density at radius 2 is 0.568 bits per heavy atom. The molecule has 24 nitrogen and oxygen atoms in total. The minimum absolute atomic E-state index is 0.544. The number of halogens is 1. The Bertz CT molecular complexity index is 7510. The summed E-state index contributed by atoms with van der Waals surface area (Å²) in [5.41, 5.74) is 14.6. The lowest BCUT2D eigenvalue weighted by atomic mass is 10.0. The van der Waals surface area contributed by atoms with Crippen molar-refractivity contribution in [3.8, 4) is 79.0 Å². The van der Waals surface area contributed by atoms with Gasteiger partial charge < -0.3 is 59.1 Å². The number of para-hydroxylation sites is 1. The summed E-state index contributed by atoms with van der Waals surface area (Å²) in [6.07, 6.45) is 16.4. The van der Waals surface area contributed by atoms with E-state index in [1.165, 1.54) is 89.0 Å². The summed E-state index contributed by atoms with van der Waals surface area (Å²) in [6, 6.07) is 74.9.